The van der Waals surface area contributed by atoms with Crippen molar-refractivity contribution in [3.05, 3.63) is 47.8 Å². The fourth-order valence-electron chi connectivity index (χ4n) is 4.01. The van der Waals surface area contributed by atoms with Crippen molar-refractivity contribution in [3.63, 3.8) is 0 Å². The number of amides is 2. The first-order valence-corrected chi connectivity index (χ1v) is 10.1. The zero-order valence-electron chi connectivity index (χ0n) is 16.3. The molecule has 4 rings (SSSR count). The number of hydrogen-bond donors (Lipinski definition) is 2. The first-order valence-electron chi connectivity index (χ1n) is 10.1. The molecule has 2 aliphatic rings. The third kappa shape index (κ3) is 4.59. The molecule has 1 aromatic heterocycles. The number of hydrogen-bond acceptors (Lipinski definition) is 5. The summed E-state index contributed by atoms with van der Waals surface area (Å²) in [7, 11) is 0. The number of ether oxygens (including phenoxy) is 1. The lowest BCUT2D eigenvalue weighted by molar-refractivity contribution is -0.122. The highest BCUT2D eigenvalue weighted by Gasteiger charge is 2.30. The molecule has 2 N–H and O–H groups in total. The Hall–Kier alpha value is -2.87. The number of phenolic OH excluding ortho intramolecular Hbond substituents is 1. The number of aromatic nitrogens is 2. The molecule has 0 radical (unpaired) electrons. The Morgan fingerprint density at radius 3 is 2.86 bits per heavy atom. The van der Waals surface area contributed by atoms with Crippen molar-refractivity contribution in [2.24, 2.45) is 5.92 Å². The van der Waals surface area contributed by atoms with Gasteiger partial charge in [0.25, 0.3) is 5.91 Å². The van der Waals surface area contributed by atoms with Crippen molar-refractivity contribution >= 4 is 11.8 Å². The molecule has 0 aliphatic carbocycles. The van der Waals surface area contributed by atoms with Crippen LogP contribution in [0.4, 0.5) is 0 Å². The second-order valence-electron chi connectivity index (χ2n) is 7.72. The number of nitrogens with zero attached hydrogens (tertiary/aromatic N) is 3. The summed E-state index contributed by atoms with van der Waals surface area (Å²) in [4.78, 5) is 27.2. The molecule has 1 fully saturated rings. The number of rotatable bonds is 5. The van der Waals surface area contributed by atoms with Gasteiger partial charge in [0.15, 0.2) is 0 Å². The summed E-state index contributed by atoms with van der Waals surface area (Å²) in [5.74, 6) is 0.320. The Balaban J connectivity index is 1.41. The largest absolute Gasteiger partial charge is 0.508 e. The fraction of sp³-hybridized carbons (Fsp3) is 0.476. The maximum atomic E-state index is 12.9. The van der Waals surface area contributed by atoms with Crippen molar-refractivity contribution in [1.29, 1.82) is 0 Å². The van der Waals surface area contributed by atoms with Crippen LogP contribution in [0.25, 0.3) is 0 Å². The summed E-state index contributed by atoms with van der Waals surface area (Å²) in [5, 5.41) is 17.1. The molecule has 3 heterocycles. The third-order valence-electron chi connectivity index (χ3n) is 5.61. The Labute approximate surface area is 169 Å². The van der Waals surface area contributed by atoms with Crippen molar-refractivity contribution in [2.45, 2.75) is 31.8 Å². The van der Waals surface area contributed by atoms with Crippen LogP contribution in [0.3, 0.4) is 0 Å². The van der Waals surface area contributed by atoms with Crippen LogP contribution < -0.4 is 5.32 Å². The van der Waals surface area contributed by atoms with Crippen LogP contribution >= 0.6 is 0 Å². The number of carbonyl (C=O) groups excluding carboxylic acids is 2. The summed E-state index contributed by atoms with van der Waals surface area (Å²) in [6, 6.07) is 7.98. The highest BCUT2D eigenvalue weighted by atomic mass is 16.5. The Morgan fingerprint density at radius 2 is 2.07 bits per heavy atom. The predicted molar refractivity (Wildman–Crippen MR) is 105 cm³/mol. The number of nitrogens with one attached hydrogen (secondary N) is 1. The lowest BCUT2D eigenvalue weighted by atomic mass is 10.0. The number of aromatic hydroxyl groups is 1. The van der Waals surface area contributed by atoms with Crippen LogP contribution in [0.15, 0.2) is 36.5 Å². The van der Waals surface area contributed by atoms with Gasteiger partial charge in [0.2, 0.25) is 5.91 Å². The molecular weight excluding hydrogens is 372 g/mol. The standard InChI is InChI=1S/C21H26N4O4/c26-19-3-1-2-16(10-19)21(28)24-13-17-4-7-23-25(17)18(14-24)11-20(27)22-12-15-5-8-29-9-6-15/h1-4,7,10,15,18,26H,5-6,8-9,11-14H2,(H,22,27). The molecule has 1 aromatic carbocycles. The molecule has 29 heavy (non-hydrogen) atoms. The molecule has 154 valence electrons. The van der Waals surface area contributed by atoms with Gasteiger partial charge in [0.05, 0.1) is 24.7 Å². The molecule has 2 aliphatic heterocycles. The van der Waals surface area contributed by atoms with E-state index in [2.05, 4.69) is 10.4 Å². The maximum Gasteiger partial charge on any atom is 0.254 e. The minimum absolute atomic E-state index is 0.0328. The van der Waals surface area contributed by atoms with Crippen molar-refractivity contribution < 1.29 is 19.4 Å². The van der Waals surface area contributed by atoms with Gasteiger partial charge in [-0.05, 0) is 43.0 Å². The van der Waals surface area contributed by atoms with Gasteiger partial charge in [-0.2, -0.15) is 5.10 Å². The number of benzene rings is 1. The molecule has 1 atom stereocenters. The second-order valence-corrected chi connectivity index (χ2v) is 7.72. The van der Waals surface area contributed by atoms with E-state index in [4.69, 9.17) is 4.74 Å². The van der Waals surface area contributed by atoms with Gasteiger partial charge in [-0.1, -0.05) is 6.07 Å². The molecule has 8 heteroatoms. The van der Waals surface area contributed by atoms with Crippen LogP contribution in [0.1, 0.15) is 41.4 Å². The Kier molecular flexibility index (Phi) is 5.80. The van der Waals surface area contributed by atoms with Gasteiger partial charge in [-0.25, -0.2) is 0 Å². The summed E-state index contributed by atoms with van der Waals surface area (Å²) >= 11 is 0. The van der Waals surface area contributed by atoms with E-state index in [1.807, 2.05) is 10.7 Å². The quantitative estimate of drug-likeness (QED) is 0.799. The van der Waals surface area contributed by atoms with E-state index in [-0.39, 0.29) is 30.0 Å². The van der Waals surface area contributed by atoms with Gasteiger partial charge in [-0.15, -0.1) is 0 Å². The number of carbonyl (C=O) groups is 2. The molecule has 0 spiro atoms. The molecular formula is C21H26N4O4. The summed E-state index contributed by atoms with van der Waals surface area (Å²) in [5.41, 5.74) is 1.33. The van der Waals surface area contributed by atoms with Crippen LogP contribution in [-0.4, -0.2) is 57.9 Å². The molecule has 2 amide bonds. The van der Waals surface area contributed by atoms with Gasteiger partial charge in [-0.3, -0.25) is 14.3 Å². The Bertz CT molecular complexity index is 875. The minimum atomic E-state index is -0.218. The lowest BCUT2D eigenvalue weighted by Crippen LogP contribution is -2.43. The number of phenols is 1. The van der Waals surface area contributed by atoms with Crippen LogP contribution in [-0.2, 0) is 16.1 Å². The third-order valence-corrected chi connectivity index (χ3v) is 5.61. The normalized spacial score (nSPS) is 19.6. The predicted octanol–water partition coefficient (Wildman–Crippen LogP) is 1.72. The molecule has 0 bridgehead atoms. The zero-order chi connectivity index (χ0) is 20.2. The van der Waals surface area contributed by atoms with E-state index in [0.717, 1.165) is 31.7 Å². The summed E-state index contributed by atoms with van der Waals surface area (Å²) < 4.78 is 7.21. The maximum absolute atomic E-state index is 12.9. The van der Waals surface area contributed by atoms with E-state index >= 15 is 0 Å². The summed E-state index contributed by atoms with van der Waals surface area (Å²) in [6.45, 7) is 2.99. The molecule has 0 saturated carbocycles. The van der Waals surface area contributed by atoms with Gasteiger partial charge >= 0.3 is 0 Å². The van der Waals surface area contributed by atoms with Gasteiger partial charge < -0.3 is 20.1 Å². The van der Waals surface area contributed by atoms with E-state index < -0.39 is 0 Å². The molecule has 1 unspecified atom stereocenters. The lowest BCUT2D eigenvalue weighted by Gasteiger charge is -2.34. The number of fused-ring (bicyclic) bond motifs is 1. The average molecular weight is 398 g/mol. The average Bonchev–Trinajstić information content (AvgIpc) is 3.21. The van der Waals surface area contributed by atoms with E-state index in [0.29, 0.717) is 31.1 Å². The van der Waals surface area contributed by atoms with Crippen molar-refractivity contribution in [2.75, 3.05) is 26.3 Å². The molecule has 8 nitrogen and oxygen atoms in total. The van der Waals surface area contributed by atoms with Crippen LogP contribution in [0.2, 0.25) is 0 Å². The van der Waals surface area contributed by atoms with Crippen LogP contribution in [0.5, 0.6) is 5.75 Å². The van der Waals surface area contributed by atoms with Crippen molar-refractivity contribution in [3.8, 4) is 5.75 Å². The highest BCUT2D eigenvalue weighted by Crippen LogP contribution is 2.25. The highest BCUT2D eigenvalue weighted by molar-refractivity contribution is 5.94. The molecule has 1 saturated heterocycles. The first-order chi connectivity index (χ1) is 14.1. The van der Waals surface area contributed by atoms with Gasteiger partial charge in [0, 0.05) is 38.1 Å². The van der Waals surface area contributed by atoms with E-state index in [9.17, 15) is 14.7 Å². The van der Waals surface area contributed by atoms with Gasteiger partial charge in [0.1, 0.15) is 5.75 Å². The molecule has 2 aromatic rings. The smallest absolute Gasteiger partial charge is 0.254 e. The fourth-order valence-corrected chi connectivity index (χ4v) is 4.01. The topological polar surface area (TPSA) is 96.7 Å². The first kappa shape index (κ1) is 19.4. The second kappa shape index (κ2) is 8.65. The SMILES string of the molecule is O=C(CC1CN(C(=O)c2cccc(O)c2)Cc2ccnn21)NCC1CCOCC1. The van der Waals surface area contributed by atoms with Crippen LogP contribution in [0, 0.1) is 5.92 Å². The zero-order valence-corrected chi connectivity index (χ0v) is 16.3. The van der Waals surface area contributed by atoms with E-state index in [1.165, 1.54) is 12.1 Å². The monoisotopic (exact) mass is 398 g/mol. The Morgan fingerprint density at radius 1 is 1.24 bits per heavy atom. The van der Waals surface area contributed by atoms with E-state index in [1.54, 1.807) is 23.2 Å². The minimum Gasteiger partial charge on any atom is -0.508 e. The van der Waals surface area contributed by atoms with Crippen molar-refractivity contribution in [1.82, 2.24) is 20.0 Å². The summed E-state index contributed by atoms with van der Waals surface area (Å²) in [6.07, 6.45) is 3.91.